The summed E-state index contributed by atoms with van der Waals surface area (Å²) in [7, 11) is 0. The highest BCUT2D eigenvalue weighted by molar-refractivity contribution is 6.28. The minimum Gasteiger partial charge on any atom is -0.354 e. The average Bonchev–Trinajstić information content (AvgIpc) is 2.29. The van der Waals surface area contributed by atoms with Crippen LogP contribution in [0.15, 0.2) is 18.5 Å². The maximum absolute atomic E-state index is 5.95. The zero-order valence-electron chi connectivity index (χ0n) is 10.2. The molecule has 0 fully saturated rings. The molecule has 0 bridgehead atoms. The number of fused-ring (bicyclic) bond motifs is 1. The summed E-state index contributed by atoms with van der Waals surface area (Å²) >= 11 is 5.95. The lowest BCUT2D eigenvalue weighted by atomic mass is 10.2. The van der Waals surface area contributed by atoms with Gasteiger partial charge >= 0.3 is 0 Å². The Labute approximate surface area is 106 Å². The van der Waals surface area contributed by atoms with Crippen LogP contribution in [0.4, 0.5) is 5.82 Å². The molecule has 0 unspecified atom stereocenters. The van der Waals surface area contributed by atoms with Crippen molar-refractivity contribution in [3.05, 3.63) is 23.7 Å². The third-order valence-corrected chi connectivity index (χ3v) is 2.86. The van der Waals surface area contributed by atoms with Gasteiger partial charge in [-0.15, -0.1) is 0 Å². The Morgan fingerprint density at radius 2 is 2.12 bits per heavy atom. The molecule has 17 heavy (non-hydrogen) atoms. The monoisotopic (exact) mass is 250 g/mol. The van der Waals surface area contributed by atoms with Crippen LogP contribution in [0.25, 0.3) is 10.9 Å². The standard InChI is InChI=1S/C12H15ClN4/c1-4-17(8(2)3)11-9-5-6-14-7-10(9)15-12(13)16-11/h5-8H,4H2,1-3H3. The van der Waals surface area contributed by atoms with E-state index in [1.165, 1.54) is 0 Å². The molecule has 2 heterocycles. The van der Waals surface area contributed by atoms with Crippen LogP contribution in [0, 0.1) is 0 Å². The normalized spacial score (nSPS) is 11.1. The maximum atomic E-state index is 5.95. The molecule has 0 aromatic carbocycles. The number of nitrogens with zero attached hydrogens (tertiary/aromatic N) is 4. The highest BCUT2D eigenvalue weighted by Gasteiger charge is 2.15. The molecular weight excluding hydrogens is 236 g/mol. The first-order chi connectivity index (χ1) is 8.13. The topological polar surface area (TPSA) is 41.9 Å². The minimum atomic E-state index is 0.264. The van der Waals surface area contributed by atoms with Gasteiger partial charge in [0.05, 0.1) is 11.7 Å². The SMILES string of the molecule is CCN(c1nc(Cl)nc2cnccc12)C(C)C. The Bertz CT molecular complexity index is 527. The smallest absolute Gasteiger partial charge is 0.224 e. The van der Waals surface area contributed by atoms with Crippen LogP contribution >= 0.6 is 11.6 Å². The fourth-order valence-electron chi connectivity index (χ4n) is 1.91. The number of hydrogen-bond donors (Lipinski definition) is 0. The molecule has 2 aromatic rings. The van der Waals surface area contributed by atoms with Crippen molar-refractivity contribution in [2.24, 2.45) is 0 Å². The minimum absolute atomic E-state index is 0.264. The van der Waals surface area contributed by atoms with Gasteiger partial charge in [-0.05, 0) is 38.4 Å². The summed E-state index contributed by atoms with van der Waals surface area (Å²) in [5.74, 6) is 0.875. The van der Waals surface area contributed by atoms with Crippen LogP contribution < -0.4 is 4.90 Å². The van der Waals surface area contributed by atoms with Gasteiger partial charge in [-0.25, -0.2) is 4.98 Å². The molecule has 0 spiro atoms. The molecule has 2 aromatic heterocycles. The third-order valence-electron chi connectivity index (χ3n) is 2.69. The summed E-state index contributed by atoms with van der Waals surface area (Å²) in [6, 6.07) is 2.29. The van der Waals surface area contributed by atoms with Crippen LogP contribution in [0.3, 0.4) is 0 Å². The van der Waals surface area contributed by atoms with E-state index in [2.05, 4.69) is 40.6 Å². The summed E-state index contributed by atoms with van der Waals surface area (Å²) in [5, 5.41) is 1.25. The van der Waals surface area contributed by atoms with E-state index in [-0.39, 0.29) is 5.28 Å². The number of pyridine rings is 1. The van der Waals surface area contributed by atoms with Crippen LogP contribution in [0.1, 0.15) is 20.8 Å². The molecule has 0 aliphatic heterocycles. The zero-order valence-corrected chi connectivity index (χ0v) is 10.9. The van der Waals surface area contributed by atoms with Gasteiger partial charge in [0.15, 0.2) is 0 Å². The molecular formula is C12H15ClN4. The Kier molecular flexibility index (Phi) is 3.43. The highest BCUT2D eigenvalue weighted by Crippen LogP contribution is 2.25. The Hall–Kier alpha value is -1.42. The Balaban J connectivity index is 2.66. The van der Waals surface area contributed by atoms with Gasteiger partial charge in [0.25, 0.3) is 0 Å². The second-order valence-corrected chi connectivity index (χ2v) is 4.43. The molecule has 0 aliphatic rings. The zero-order chi connectivity index (χ0) is 12.4. The largest absolute Gasteiger partial charge is 0.354 e. The predicted molar refractivity (Wildman–Crippen MR) is 70.5 cm³/mol. The van der Waals surface area contributed by atoms with Crippen molar-refractivity contribution >= 4 is 28.3 Å². The summed E-state index contributed by atoms with van der Waals surface area (Å²) in [6.07, 6.45) is 3.46. The van der Waals surface area contributed by atoms with E-state index in [1.807, 2.05) is 6.07 Å². The maximum Gasteiger partial charge on any atom is 0.224 e. The van der Waals surface area contributed by atoms with Crippen LogP contribution in [-0.2, 0) is 0 Å². The van der Waals surface area contributed by atoms with E-state index in [0.29, 0.717) is 6.04 Å². The summed E-state index contributed by atoms with van der Waals surface area (Å²) in [6.45, 7) is 7.24. The van der Waals surface area contributed by atoms with Crippen molar-refractivity contribution in [3.63, 3.8) is 0 Å². The second-order valence-electron chi connectivity index (χ2n) is 4.09. The molecule has 0 atom stereocenters. The van der Waals surface area contributed by atoms with Gasteiger partial charge in [-0.2, -0.15) is 4.98 Å². The van der Waals surface area contributed by atoms with Crippen LogP contribution in [-0.4, -0.2) is 27.5 Å². The van der Waals surface area contributed by atoms with Gasteiger partial charge < -0.3 is 4.90 Å². The lowest BCUT2D eigenvalue weighted by molar-refractivity contribution is 0.695. The number of hydrogen-bond acceptors (Lipinski definition) is 4. The first-order valence-electron chi connectivity index (χ1n) is 5.67. The van der Waals surface area contributed by atoms with Crippen molar-refractivity contribution < 1.29 is 0 Å². The molecule has 5 heteroatoms. The summed E-state index contributed by atoms with van der Waals surface area (Å²) < 4.78 is 0. The van der Waals surface area contributed by atoms with E-state index in [0.717, 1.165) is 23.3 Å². The second kappa shape index (κ2) is 4.84. The molecule has 0 radical (unpaired) electrons. The number of rotatable bonds is 3. The van der Waals surface area contributed by atoms with E-state index in [1.54, 1.807) is 12.4 Å². The third kappa shape index (κ3) is 2.31. The molecule has 0 saturated heterocycles. The number of halogens is 1. The van der Waals surface area contributed by atoms with Crippen molar-refractivity contribution in [2.75, 3.05) is 11.4 Å². The Morgan fingerprint density at radius 3 is 2.76 bits per heavy atom. The lowest BCUT2D eigenvalue weighted by Crippen LogP contribution is -2.31. The van der Waals surface area contributed by atoms with Crippen molar-refractivity contribution in [1.29, 1.82) is 0 Å². The van der Waals surface area contributed by atoms with E-state index >= 15 is 0 Å². The highest BCUT2D eigenvalue weighted by atomic mass is 35.5. The molecule has 2 rings (SSSR count). The van der Waals surface area contributed by atoms with Crippen molar-refractivity contribution in [3.8, 4) is 0 Å². The van der Waals surface area contributed by atoms with Crippen LogP contribution in [0.2, 0.25) is 5.28 Å². The molecule has 0 aliphatic carbocycles. The van der Waals surface area contributed by atoms with E-state index < -0.39 is 0 Å². The lowest BCUT2D eigenvalue weighted by Gasteiger charge is -2.27. The van der Waals surface area contributed by atoms with Crippen molar-refractivity contribution in [2.45, 2.75) is 26.8 Å². The fraction of sp³-hybridized carbons (Fsp3) is 0.417. The first kappa shape index (κ1) is 12.0. The molecule has 90 valence electrons. The number of anilines is 1. The van der Waals surface area contributed by atoms with Crippen LogP contribution in [0.5, 0.6) is 0 Å². The van der Waals surface area contributed by atoms with Crippen molar-refractivity contribution in [1.82, 2.24) is 15.0 Å². The quantitative estimate of drug-likeness (QED) is 0.786. The fourth-order valence-corrected chi connectivity index (χ4v) is 2.09. The van der Waals surface area contributed by atoms with E-state index in [9.17, 15) is 0 Å². The van der Waals surface area contributed by atoms with Gasteiger partial charge in [-0.3, -0.25) is 4.98 Å². The molecule has 4 nitrogen and oxygen atoms in total. The number of aromatic nitrogens is 3. The van der Waals surface area contributed by atoms with Gasteiger partial charge in [0.2, 0.25) is 5.28 Å². The average molecular weight is 251 g/mol. The Morgan fingerprint density at radius 1 is 1.35 bits per heavy atom. The molecule has 0 amide bonds. The van der Waals surface area contributed by atoms with Gasteiger partial charge in [-0.1, -0.05) is 0 Å². The molecule has 0 saturated carbocycles. The van der Waals surface area contributed by atoms with E-state index in [4.69, 9.17) is 11.6 Å². The summed E-state index contributed by atoms with van der Waals surface area (Å²) in [4.78, 5) is 14.8. The molecule has 0 N–H and O–H groups in total. The van der Waals surface area contributed by atoms with Gasteiger partial charge in [0.1, 0.15) is 5.82 Å². The van der Waals surface area contributed by atoms with Gasteiger partial charge in [0, 0.05) is 24.2 Å². The predicted octanol–water partition coefficient (Wildman–Crippen LogP) is 2.91. The summed E-state index contributed by atoms with van der Waals surface area (Å²) in [5.41, 5.74) is 0.779. The first-order valence-corrected chi connectivity index (χ1v) is 6.05.